The number of nitrogens with zero attached hydrogens (tertiary/aromatic N) is 3. The normalized spacial score (nSPS) is 11.4. The molecule has 0 saturated heterocycles. The van der Waals surface area contributed by atoms with Crippen molar-refractivity contribution in [2.24, 2.45) is 5.10 Å². The number of rotatable bonds is 6. The zero-order valence-corrected chi connectivity index (χ0v) is 16.9. The molecule has 0 unspecified atom stereocenters. The molecule has 3 aromatic rings. The van der Waals surface area contributed by atoms with Gasteiger partial charge in [-0.25, -0.2) is 9.78 Å². The van der Waals surface area contributed by atoms with Gasteiger partial charge in [0.25, 0.3) is 5.56 Å². The fourth-order valence-electron chi connectivity index (χ4n) is 2.57. The Labute approximate surface area is 169 Å². The van der Waals surface area contributed by atoms with Crippen molar-refractivity contribution in [1.29, 1.82) is 0 Å². The molecule has 1 N–H and O–H groups in total. The van der Waals surface area contributed by atoms with Gasteiger partial charge in [0.2, 0.25) is 0 Å². The number of ether oxygens (including phenoxy) is 1. The number of carboxylic acids is 1. The van der Waals surface area contributed by atoms with Gasteiger partial charge in [-0.2, -0.15) is 9.78 Å². The molecule has 0 aliphatic heterocycles. The third kappa shape index (κ3) is 4.45. The van der Waals surface area contributed by atoms with Crippen molar-refractivity contribution < 1.29 is 14.6 Å². The third-order valence-electron chi connectivity index (χ3n) is 3.91. The Morgan fingerprint density at radius 1 is 1.29 bits per heavy atom. The molecule has 0 fully saturated rings. The predicted molar refractivity (Wildman–Crippen MR) is 110 cm³/mol. The molecule has 8 heteroatoms. The van der Waals surface area contributed by atoms with Crippen LogP contribution in [0.15, 0.2) is 56.8 Å². The van der Waals surface area contributed by atoms with Crippen molar-refractivity contribution in [3.05, 3.63) is 68.7 Å². The summed E-state index contributed by atoms with van der Waals surface area (Å²) < 4.78 is 7.21. The maximum absolute atomic E-state index is 12.9. The summed E-state index contributed by atoms with van der Waals surface area (Å²) in [7, 11) is 0. The molecule has 0 saturated carbocycles. The van der Waals surface area contributed by atoms with E-state index in [9.17, 15) is 9.59 Å². The molecule has 0 aliphatic carbocycles. The quantitative estimate of drug-likeness (QED) is 0.587. The Balaban J connectivity index is 1.96. The molecule has 1 heterocycles. The molecule has 0 radical (unpaired) electrons. The Bertz CT molecular complexity index is 1100. The van der Waals surface area contributed by atoms with Crippen LogP contribution in [0, 0.1) is 0 Å². The molecule has 0 bridgehead atoms. The van der Waals surface area contributed by atoms with Crippen molar-refractivity contribution >= 4 is 39.0 Å². The van der Waals surface area contributed by atoms with E-state index >= 15 is 0 Å². The first-order valence-corrected chi connectivity index (χ1v) is 9.35. The van der Waals surface area contributed by atoms with Crippen molar-refractivity contribution in [3.63, 3.8) is 0 Å². The fourth-order valence-corrected chi connectivity index (χ4v) is 2.93. The van der Waals surface area contributed by atoms with Crippen LogP contribution < -0.4 is 10.3 Å². The minimum absolute atomic E-state index is 0.00434. The van der Waals surface area contributed by atoms with E-state index in [1.807, 2.05) is 19.9 Å². The first kappa shape index (κ1) is 19.8. The molecule has 7 nitrogen and oxygen atoms in total. The standard InChI is InChI=1S/C20H18BrN3O4/c1-12(2)19-23-17-8-5-14(21)9-16(17)20(27)24(19)22-10-13-3-6-15(7-4-13)28-11-18(25)26/h3-10,12H,11H2,1-2H3,(H,25,26). The Hall–Kier alpha value is -3.00. The van der Waals surface area contributed by atoms with Crippen LogP contribution in [0.4, 0.5) is 0 Å². The number of halogens is 1. The highest BCUT2D eigenvalue weighted by atomic mass is 79.9. The lowest BCUT2D eigenvalue weighted by atomic mass is 10.2. The largest absolute Gasteiger partial charge is 0.482 e. The van der Waals surface area contributed by atoms with Crippen molar-refractivity contribution in [1.82, 2.24) is 9.66 Å². The van der Waals surface area contributed by atoms with Crippen LogP contribution in [-0.4, -0.2) is 33.6 Å². The molecule has 0 aliphatic rings. The number of hydrogen-bond acceptors (Lipinski definition) is 5. The topological polar surface area (TPSA) is 93.8 Å². The molecular weight excluding hydrogens is 426 g/mol. The summed E-state index contributed by atoms with van der Waals surface area (Å²) in [5.41, 5.74) is 1.12. The summed E-state index contributed by atoms with van der Waals surface area (Å²) in [6.07, 6.45) is 1.56. The van der Waals surface area contributed by atoms with Gasteiger partial charge in [0.1, 0.15) is 11.6 Å². The average molecular weight is 444 g/mol. The van der Waals surface area contributed by atoms with Gasteiger partial charge >= 0.3 is 5.97 Å². The summed E-state index contributed by atoms with van der Waals surface area (Å²) >= 11 is 3.38. The van der Waals surface area contributed by atoms with Crippen LogP contribution in [0.3, 0.4) is 0 Å². The van der Waals surface area contributed by atoms with Crippen molar-refractivity contribution in [2.75, 3.05) is 6.61 Å². The predicted octanol–water partition coefficient (Wildman–Crippen LogP) is 3.63. The van der Waals surface area contributed by atoms with Gasteiger partial charge in [-0.15, -0.1) is 0 Å². The number of aliphatic carboxylic acids is 1. The third-order valence-corrected chi connectivity index (χ3v) is 4.41. The summed E-state index contributed by atoms with van der Waals surface area (Å²) in [5, 5.41) is 13.5. The highest BCUT2D eigenvalue weighted by molar-refractivity contribution is 9.10. The van der Waals surface area contributed by atoms with Crippen molar-refractivity contribution in [2.45, 2.75) is 19.8 Å². The number of hydrogen-bond donors (Lipinski definition) is 1. The molecule has 3 rings (SSSR count). The Morgan fingerprint density at radius 3 is 2.64 bits per heavy atom. The maximum Gasteiger partial charge on any atom is 0.341 e. The number of carbonyl (C=O) groups is 1. The minimum atomic E-state index is -1.04. The molecule has 1 aromatic heterocycles. The van der Waals surface area contributed by atoms with Gasteiger partial charge in [-0.1, -0.05) is 29.8 Å². The Morgan fingerprint density at radius 2 is 2.00 bits per heavy atom. The lowest BCUT2D eigenvalue weighted by molar-refractivity contribution is -0.139. The molecule has 2 aromatic carbocycles. The molecule has 28 heavy (non-hydrogen) atoms. The number of fused-ring (bicyclic) bond motifs is 1. The van der Waals surface area contributed by atoms with Crippen LogP contribution in [0.2, 0.25) is 0 Å². The van der Waals surface area contributed by atoms with Crippen molar-refractivity contribution in [3.8, 4) is 5.75 Å². The molecule has 144 valence electrons. The van der Waals surface area contributed by atoms with Gasteiger partial charge in [0.05, 0.1) is 17.1 Å². The van der Waals surface area contributed by atoms with Crippen LogP contribution in [-0.2, 0) is 4.79 Å². The maximum atomic E-state index is 12.9. The van der Waals surface area contributed by atoms with Crippen LogP contribution in [0.1, 0.15) is 31.2 Å². The van der Waals surface area contributed by atoms with Gasteiger partial charge in [-0.05, 0) is 48.0 Å². The van der Waals surface area contributed by atoms with E-state index in [1.54, 1.807) is 42.6 Å². The SMILES string of the molecule is CC(C)c1nc2ccc(Br)cc2c(=O)n1N=Cc1ccc(OCC(=O)O)cc1. The smallest absolute Gasteiger partial charge is 0.341 e. The zero-order valence-electron chi connectivity index (χ0n) is 15.3. The highest BCUT2D eigenvalue weighted by Gasteiger charge is 2.13. The van der Waals surface area contributed by atoms with E-state index in [1.165, 1.54) is 4.68 Å². The zero-order chi connectivity index (χ0) is 20.3. The Kier molecular flexibility index (Phi) is 5.89. The highest BCUT2D eigenvalue weighted by Crippen LogP contribution is 2.19. The van der Waals surface area contributed by atoms with Crippen LogP contribution in [0.25, 0.3) is 10.9 Å². The second-order valence-corrected chi connectivity index (χ2v) is 7.31. The second kappa shape index (κ2) is 8.35. The first-order chi connectivity index (χ1) is 13.3. The molecule has 0 atom stereocenters. The summed E-state index contributed by atoms with van der Waals surface area (Å²) in [4.78, 5) is 28.1. The van der Waals surface area contributed by atoms with E-state index in [0.717, 1.165) is 10.0 Å². The lowest BCUT2D eigenvalue weighted by Gasteiger charge is -2.12. The van der Waals surface area contributed by atoms with Gasteiger partial charge in [0, 0.05) is 10.4 Å². The summed E-state index contributed by atoms with van der Waals surface area (Å²) in [6, 6.07) is 12.1. The molecular formula is C20H18BrN3O4. The van der Waals surface area contributed by atoms with E-state index < -0.39 is 12.6 Å². The van der Waals surface area contributed by atoms with E-state index in [0.29, 0.717) is 22.5 Å². The number of carboxylic acid groups (broad SMARTS) is 1. The second-order valence-electron chi connectivity index (χ2n) is 6.40. The molecule has 0 amide bonds. The van der Waals surface area contributed by atoms with E-state index in [-0.39, 0.29) is 11.5 Å². The van der Waals surface area contributed by atoms with E-state index in [2.05, 4.69) is 26.0 Å². The van der Waals surface area contributed by atoms with Crippen LogP contribution in [0.5, 0.6) is 5.75 Å². The first-order valence-electron chi connectivity index (χ1n) is 8.56. The number of aromatic nitrogens is 2. The van der Waals surface area contributed by atoms with Gasteiger partial charge < -0.3 is 9.84 Å². The minimum Gasteiger partial charge on any atom is -0.482 e. The molecule has 0 spiro atoms. The fraction of sp³-hybridized carbons (Fsp3) is 0.200. The lowest BCUT2D eigenvalue weighted by Crippen LogP contribution is -2.23. The van der Waals surface area contributed by atoms with Gasteiger partial charge in [0.15, 0.2) is 6.61 Å². The number of benzene rings is 2. The monoisotopic (exact) mass is 443 g/mol. The van der Waals surface area contributed by atoms with Gasteiger partial charge in [-0.3, -0.25) is 4.79 Å². The summed E-state index contributed by atoms with van der Waals surface area (Å²) in [6.45, 7) is 3.50. The summed E-state index contributed by atoms with van der Waals surface area (Å²) in [5.74, 6) is -0.0272. The average Bonchev–Trinajstić information content (AvgIpc) is 2.66. The van der Waals surface area contributed by atoms with E-state index in [4.69, 9.17) is 9.84 Å². The van der Waals surface area contributed by atoms with Crippen LogP contribution >= 0.6 is 15.9 Å².